The largest absolute Gasteiger partial charge is 0.346 e. The molecule has 0 aromatic heterocycles. The van der Waals surface area contributed by atoms with E-state index in [2.05, 4.69) is 17.2 Å². The Hall–Kier alpha value is -1.77. The van der Waals surface area contributed by atoms with E-state index in [4.69, 9.17) is 17.0 Å². The Bertz CT molecular complexity index is 726. The summed E-state index contributed by atoms with van der Waals surface area (Å²) in [6.45, 7) is 4.88. The molecule has 6 heteroatoms. The molecule has 0 bridgehead atoms. The monoisotopic (exact) mass is 324 g/mol. The molecule has 1 aromatic rings. The van der Waals surface area contributed by atoms with Gasteiger partial charge < -0.3 is 10.7 Å². The highest BCUT2D eigenvalue weighted by atomic mass is 35.5. The molecular formula is C15H17ClN2O2S. The maximum Gasteiger partial charge on any atom is 0.182 e. The highest BCUT2D eigenvalue weighted by Gasteiger charge is 2.22. The van der Waals surface area contributed by atoms with Crippen LogP contribution < -0.4 is 5.32 Å². The quantitative estimate of drug-likeness (QED) is 0.644. The van der Waals surface area contributed by atoms with Crippen molar-refractivity contribution in [3.63, 3.8) is 0 Å². The maximum atomic E-state index is 12.4. The van der Waals surface area contributed by atoms with Crippen molar-refractivity contribution < 1.29 is 8.42 Å². The highest BCUT2D eigenvalue weighted by molar-refractivity contribution is 7.92. The third kappa shape index (κ3) is 4.10. The standard InChI is InChI=1S/C15H17ClN2O2S/c1-4-7-13(12(16)10-17)18-14-8-5-6-9-15(14)21(19,20)11(2)3/h5-6,8-11,17-18H,1-3H3/b13-12-,17-10?. The second kappa shape index (κ2) is 7.30. The number of allylic oxidation sites excluding steroid dienone is 2. The molecule has 112 valence electrons. The first-order valence-corrected chi connectivity index (χ1v) is 8.20. The molecule has 2 N–H and O–H groups in total. The van der Waals surface area contributed by atoms with Crippen LogP contribution in [0.25, 0.3) is 0 Å². The Kier molecular flexibility index (Phi) is 6.01. The fourth-order valence-corrected chi connectivity index (χ4v) is 2.85. The molecule has 1 aromatic carbocycles. The second-order valence-corrected chi connectivity index (χ2v) is 7.34. The molecule has 4 nitrogen and oxygen atoms in total. The van der Waals surface area contributed by atoms with Crippen LogP contribution in [0, 0.1) is 17.3 Å². The number of benzene rings is 1. The molecule has 0 saturated heterocycles. The van der Waals surface area contributed by atoms with Crippen LogP contribution in [0.3, 0.4) is 0 Å². The summed E-state index contributed by atoms with van der Waals surface area (Å²) in [6, 6.07) is 6.55. The Labute approximate surface area is 130 Å². The lowest BCUT2D eigenvalue weighted by Crippen LogP contribution is -2.16. The first kappa shape index (κ1) is 17.3. The zero-order valence-electron chi connectivity index (χ0n) is 12.1. The molecule has 0 aliphatic rings. The Morgan fingerprint density at radius 3 is 2.52 bits per heavy atom. The molecule has 0 unspecified atom stereocenters. The van der Waals surface area contributed by atoms with Gasteiger partial charge in [-0.15, -0.1) is 0 Å². The van der Waals surface area contributed by atoms with Gasteiger partial charge in [0.15, 0.2) is 9.84 Å². The van der Waals surface area contributed by atoms with Gasteiger partial charge in [0, 0.05) is 6.21 Å². The van der Waals surface area contributed by atoms with Gasteiger partial charge in [0.2, 0.25) is 0 Å². The van der Waals surface area contributed by atoms with Gasteiger partial charge in [-0.25, -0.2) is 8.42 Å². The summed E-state index contributed by atoms with van der Waals surface area (Å²) in [5.41, 5.74) is 0.685. The minimum atomic E-state index is -3.43. The lowest BCUT2D eigenvalue weighted by Gasteiger charge is -2.14. The summed E-state index contributed by atoms with van der Waals surface area (Å²) in [5.74, 6) is 5.41. The summed E-state index contributed by atoms with van der Waals surface area (Å²) in [5, 5.41) is 9.66. The van der Waals surface area contributed by atoms with Crippen molar-refractivity contribution in [2.24, 2.45) is 0 Å². The van der Waals surface area contributed by atoms with Gasteiger partial charge in [0.05, 0.1) is 20.9 Å². The molecule has 0 atom stereocenters. The van der Waals surface area contributed by atoms with E-state index in [-0.39, 0.29) is 9.93 Å². The van der Waals surface area contributed by atoms with Crippen LogP contribution in [0.4, 0.5) is 5.69 Å². The van der Waals surface area contributed by atoms with E-state index in [0.29, 0.717) is 11.4 Å². The van der Waals surface area contributed by atoms with E-state index in [0.717, 1.165) is 6.21 Å². The fraction of sp³-hybridized carbons (Fsp3) is 0.267. The SMILES string of the molecule is CC#C/C(Nc1ccccc1S(=O)(=O)C(C)C)=C(/Cl)C=N. The molecule has 0 aliphatic heterocycles. The van der Waals surface area contributed by atoms with Crippen LogP contribution in [-0.2, 0) is 9.84 Å². The van der Waals surface area contributed by atoms with Crippen molar-refractivity contribution in [3.05, 3.63) is 35.0 Å². The predicted octanol–water partition coefficient (Wildman–Crippen LogP) is 3.40. The molecule has 21 heavy (non-hydrogen) atoms. The van der Waals surface area contributed by atoms with Crippen molar-refractivity contribution >= 4 is 33.3 Å². The fourth-order valence-electron chi connectivity index (χ4n) is 1.55. The number of hydrogen-bond donors (Lipinski definition) is 2. The van der Waals surface area contributed by atoms with Gasteiger partial charge in [0.1, 0.15) is 5.70 Å². The molecule has 0 radical (unpaired) electrons. The number of rotatable bonds is 5. The van der Waals surface area contributed by atoms with Crippen molar-refractivity contribution in [3.8, 4) is 11.8 Å². The first-order chi connectivity index (χ1) is 9.84. The molecule has 0 heterocycles. The summed E-state index contributed by atoms with van der Waals surface area (Å²) in [7, 11) is -3.43. The molecular weight excluding hydrogens is 308 g/mol. The average molecular weight is 325 g/mol. The number of sulfone groups is 1. The molecule has 1 rings (SSSR count). The smallest absolute Gasteiger partial charge is 0.182 e. The number of halogens is 1. The van der Waals surface area contributed by atoms with E-state index in [9.17, 15) is 8.42 Å². The molecule has 0 aliphatic carbocycles. The van der Waals surface area contributed by atoms with Crippen LogP contribution in [0.15, 0.2) is 39.9 Å². The summed E-state index contributed by atoms with van der Waals surface area (Å²) < 4.78 is 24.7. The van der Waals surface area contributed by atoms with E-state index in [1.54, 1.807) is 39.0 Å². The van der Waals surface area contributed by atoms with Gasteiger partial charge in [-0.2, -0.15) is 0 Å². The maximum absolute atomic E-state index is 12.4. The lowest BCUT2D eigenvalue weighted by molar-refractivity contribution is 0.587. The third-order valence-corrected chi connectivity index (χ3v) is 5.20. The number of para-hydroxylation sites is 1. The van der Waals surface area contributed by atoms with Crippen LogP contribution >= 0.6 is 11.6 Å². The summed E-state index contributed by atoms with van der Waals surface area (Å²) >= 11 is 5.91. The van der Waals surface area contributed by atoms with Crippen LogP contribution in [0.5, 0.6) is 0 Å². The van der Waals surface area contributed by atoms with Crippen LogP contribution in [-0.4, -0.2) is 19.9 Å². The third-order valence-electron chi connectivity index (χ3n) is 2.69. The second-order valence-electron chi connectivity index (χ2n) is 4.46. The van der Waals surface area contributed by atoms with Crippen LogP contribution in [0.2, 0.25) is 0 Å². The van der Waals surface area contributed by atoms with Gasteiger partial charge in [-0.3, -0.25) is 0 Å². The van der Waals surface area contributed by atoms with Gasteiger partial charge >= 0.3 is 0 Å². The van der Waals surface area contributed by atoms with Gasteiger partial charge in [0.25, 0.3) is 0 Å². The van der Waals surface area contributed by atoms with Crippen molar-refractivity contribution in [1.29, 1.82) is 5.41 Å². The Balaban J connectivity index is 3.40. The number of nitrogens with one attached hydrogen (secondary N) is 2. The van der Waals surface area contributed by atoms with Gasteiger partial charge in [-0.1, -0.05) is 29.7 Å². The lowest BCUT2D eigenvalue weighted by atomic mass is 10.3. The minimum Gasteiger partial charge on any atom is -0.346 e. The topological polar surface area (TPSA) is 70.0 Å². The molecule has 0 spiro atoms. The summed E-state index contributed by atoms with van der Waals surface area (Å²) in [6.07, 6.45) is 0.952. The zero-order valence-corrected chi connectivity index (χ0v) is 13.6. The summed E-state index contributed by atoms with van der Waals surface area (Å²) in [4.78, 5) is 0.185. The average Bonchev–Trinajstić information content (AvgIpc) is 2.46. The number of hydrogen-bond acceptors (Lipinski definition) is 4. The van der Waals surface area contributed by atoms with Crippen molar-refractivity contribution in [2.45, 2.75) is 30.9 Å². The van der Waals surface area contributed by atoms with Gasteiger partial charge in [-0.05, 0) is 38.8 Å². The van der Waals surface area contributed by atoms with Crippen molar-refractivity contribution in [2.75, 3.05) is 5.32 Å². The van der Waals surface area contributed by atoms with E-state index in [1.807, 2.05) is 0 Å². The van der Waals surface area contributed by atoms with E-state index in [1.165, 1.54) is 6.07 Å². The normalized spacial score (nSPS) is 12.2. The van der Waals surface area contributed by atoms with E-state index >= 15 is 0 Å². The minimum absolute atomic E-state index is 0.112. The van der Waals surface area contributed by atoms with Crippen LogP contribution in [0.1, 0.15) is 20.8 Å². The number of anilines is 1. The molecule has 0 amide bonds. The Morgan fingerprint density at radius 1 is 1.38 bits per heavy atom. The Morgan fingerprint density at radius 2 is 2.00 bits per heavy atom. The predicted molar refractivity (Wildman–Crippen MR) is 87.5 cm³/mol. The zero-order chi connectivity index (χ0) is 16.0. The van der Waals surface area contributed by atoms with E-state index < -0.39 is 15.1 Å². The van der Waals surface area contributed by atoms with Crippen molar-refractivity contribution in [1.82, 2.24) is 0 Å². The molecule has 0 saturated carbocycles. The highest BCUT2D eigenvalue weighted by Crippen LogP contribution is 2.26. The molecule has 0 fully saturated rings. The first-order valence-electron chi connectivity index (χ1n) is 6.27.